The second kappa shape index (κ2) is 6.73. The molecule has 0 aliphatic heterocycles. The Morgan fingerprint density at radius 2 is 2.37 bits per heavy atom. The highest BCUT2D eigenvalue weighted by atomic mass is 32.2. The summed E-state index contributed by atoms with van der Waals surface area (Å²) in [7, 11) is 1.66. The van der Waals surface area contributed by atoms with E-state index in [9.17, 15) is 4.79 Å². The summed E-state index contributed by atoms with van der Waals surface area (Å²) in [4.78, 5) is 15.3. The maximum atomic E-state index is 10.8. The maximum Gasteiger partial charge on any atom is 0.185 e. The fourth-order valence-corrected chi connectivity index (χ4v) is 3.04. The van der Waals surface area contributed by atoms with Crippen molar-refractivity contribution in [3.05, 3.63) is 29.3 Å². The number of carbonyl (C=O) groups excluding carboxylic acids is 1. The molecule has 1 heterocycles. The highest BCUT2D eigenvalue weighted by molar-refractivity contribution is 8.13. The summed E-state index contributed by atoms with van der Waals surface area (Å²) in [6, 6.07) is 5.88. The van der Waals surface area contributed by atoms with Gasteiger partial charge in [-0.3, -0.25) is 4.79 Å². The molecule has 5 heteroatoms. The SMILES string of the molecule is COc1ccc2nc(C=CCCSC(C)=O)sc2c1. The Labute approximate surface area is 120 Å². The van der Waals surface area contributed by atoms with Crippen LogP contribution in [-0.4, -0.2) is 23.0 Å². The average Bonchev–Trinajstić information content (AvgIpc) is 2.79. The van der Waals surface area contributed by atoms with Crippen molar-refractivity contribution in [1.29, 1.82) is 0 Å². The predicted molar refractivity (Wildman–Crippen MR) is 83.0 cm³/mol. The number of thioether (sulfide) groups is 1. The largest absolute Gasteiger partial charge is 0.497 e. The number of methoxy groups -OCH3 is 1. The summed E-state index contributed by atoms with van der Waals surface area (Å²) < 4.78 is 6.32. The normalized spacial score (nSPS) is 11.3. The van der Waals surface area contributed by atoms with Crippen molar-refractivity contribution in [1.82, 2.24) is 4.98 Å². The van der Waals surface area contributed by atoms with Crippen molar-refractivity contribution in [3.63, 3.8) is 0 Å². The number of hydrogen-bond acceptors (Lipinski definition) is 5. The van der Waals surface area contributed by atoms with E-state index in [0.717, 1.165) is 33.1 Å². The first-order valence-corrected chi connectivity index (χ1v) is 7.74. The van der Waals surface area contributed by atoms with E-state index in [1.807, 2.05) is 24.3 Å². The molecule has 1 aromatic carbocycles. The van der Waals surface area contributed by atoms with Crippen LogP contribution >= 0.6 is 23.1 Å². The first-order chi connectivity index (χ1) is 9.19. The van der Waals surface area contributed by atoms with Gasteiger partial charge >= 0.3 is 0 Å². The van der Waals surface area contributed by atoms with E-state index in [2.05, 4.69) is 11.1 Å². The first kappa shape index (κ1) is 14.1. The van der Waals surface area contributed by atoms with Crippen LogP contribution in [0.15, 0.2) is 24.3 Å². The molecule has 0 saturated carbocycles. The van der Waals surface area contributed by atoms with Gasteiger partial charge in [0.2, 0.25) is 0 Å². The number of benzene rings is 1. The standard InChI is InChI=1S/C14H15NO2S2/c1-10(16)18-8-4-3-5-14-15-12-7-6-11(17-2)9-13(12)19-14/h3,5-7,9H,4,8H2,1-2H3. The second-order valence-corrected chi connectivity index (χ2v) is 6.25. The smallest absolute Gasteiger partial charge is 0.185 e. The molecule has 0 unspecified atom stereocenters. The van der Waals surface area contributed by atoms with Crippen molar-refractivity contribution in [2.24, 2.45) is 0 Å². The van der Waals surface area contributed by atoms with Crippen molar-refractivity contribution >= 4 is 44.5 Å². The average molecular weight is 293 g/mol. The van der Waals surface area contributed by atoms with E-state index >= 15 is 0 Å². The second-order valence-electron chi connectivity index (χ2n) is 3.92. The number of fused-ring (bicyclic) bond motifs is 1. The molecule has 1 aromatic heterocycles. The minimum atomic E-state index is 0.167. The van der Waals surface area contributed by atoms with Crippen LogP contribution in [0, 0.1) is 0 Å². The van der Waals surface area contributed by atoms with Crippen LogP contribution in [0.5, 0.6) is 5.75 Å². The van der Waals surface area contributed by atoms with E-state index in [1.54, 1.807) is 25.4 Å². The highest BCUT2D eigenvalue weighted by Crippen LogP contribution is 2.26. The van der Waals surface area contributed by atoms with Gasteiger partial charge in [-0.05, 0) is 30.7 Å². The van der Waals surface area contributed by atoms with Gasteiger partial charge in [0.25, 0.3) is 0 Å². The van der Waals surface area contributed by atoms with Gasteiger partial charge in [0.15, 0.2) is 5.12 Å². The molecular weight excluding hydrogens is 278 g/mol. The third-order valence-electron chi connectivity index (χ3n) is 2.46. The van der Waals surface area contributed by atoms with E-state index < -0.39 is 0 Å². The van der Waals surface area contributed by atoms with E-state index in [4.69, 9.17) is 4.74 Å². The molecule has 3 nitrogen and oxygen atoms in total. The van der Waals surface area contributed by atoms with Gasteiger partial charge in [-0.15, -0.1) is 11.3 Å². The van der Waals surface area contributed by atoms with Crippen molar-refractivity contribution in [3.8, 4) is 5.75 Å². The number of rotatable bonds is 5. The van der Waals surface area contributed by atoms with E-state index in [0.29, 0.717) is 0 Å². The summed E-state index contributed by atoms with van der Waals surface area (Å²) in [5.74, 6) is 1.68. The summed E-state index contributed by atoms with van der Waals surface area (Å²) in [6.45, 7) is 1.59. The monoisotopic (exact) mass is 293 g/mol. The Balaban J connectivity index is 2.01. The number of ether oxygens (including phenoxy) is 1. The summed E-state index contributed by atoms with van der Waals surface area (Å²) in [5.41, 5.74) is 0.989. The zero-order valence-electron chi connectivity index (χ0n) is 10.9. The zero-order valence-corrected chi connectivity index (χ0v) is 12.5. The molecule has 0 amide bonds. The molecule has 0 radical (unpaired) electrons. The lowest BCUT2D eigenvalue weighted by molar-refractivity contribution is -0.109. The number of carbonyl (C=O) groups is 1. The lowest BCUT2D eigenvalue weighted by atomic mass is 10.3. The van der Waals surface area contributed by atoms with Gasteiger partial charge in [-0.1, -0.05) is 17.8 Å². The van der Waals surface area contributed by atoms with Gasteiger partial charge < -0.3 is 4.74 Å². The van der Waals surface area contributed by atoms with Crippen LogP contribution < -0.4 is 4.74 Å². The molecule has 0 aliphatic rings. The summed E-state index contributed by atoms with van der Waals surface area (Å²) in [6.07, 6.45) is 4.95. The summed E-state index contributed by atoms with van der Waals surface area (Å²) >= 11 is 2.99. The Hall–Kier alpha value is -1.33. The molecule has 0 N–H and O–H groups in total. The minimum absolute atomic E-state index is 0.167. The number of allylic oxidation sites excluding steroid dienone is 1. The molecule has 2 rings (SSSR count). The zero-order chi connectivity index (χ0) is 13.7. The number of nitrogens with zero attached hydrogens (tertiary/aromatic N) is 1. The van der Waals surface area contributed by atoms with E-state index in [1.165, 1.54) is 11.8 Å². The van der Waals surface area contributed by atoms with Crippen LogP contribution in [0.2, 0.25) is 0 Å². The van der Waals surface area contributed by atoms with Gasteiger partial charge in [-0.25, -0.2) is 4.98 Å². The van der Waals surface area contributed by atoms with Crippen molar-refractivity contribution in [2.75, 3.05) is 12.9 Å². The van der Waals surface area contributed by atoms with Gasteiger partial charge in [0, 0.05) is 12.7 Å². The van der Waals surface area contributed by atoms with E-state index in [-0.39, 0.29) is 5.12 Å². The Kier molecular flexibility index (Phi) is 4.99. The Morgan fingerprint density at radius 1 is 1.53 bits per heavy atom. The first-order valence-electron chi connectivity index (χ1n) is 5.93. The molecule has 0 spiro atoms. The van der Waals surface area contributed by atoms with Crippen LogP contribution in [-0.2, 0) is 4.79 Å². The Bertz CT molecular complexity index is 605. The summed E-state index contributed by atoms with van der Waals surface area (Å²) in [5, 5.41) is 1.15. The van der Waals surface area contributed by atoms with Gasteiger partial charge in [-0.2, -0.15) is 0 Å². The predicted octanol–water partition coefficient (Wildman–Crippen LogP) is 3.99. The quantitative estimate of drug-likeness (QED) is 0.781. The maximum absolute atomic E-state index is 10.8. The third kappa shape index (κ3) is 4.08. The molecular formula is C14H15NO2S2. The molecule has 0 saturated heterocycles. The topological polar surface area (TPSA) is 39.2 Å². The van der Waals surface area contributed by atoms with Crippen LogP contribution in [0.1, 0.15) is 18.4 Å². The van der Waals surface area contributed by atoms with Crippen LogP contribution in [0.3, 0.4) is 0 Å². The number of thiazole rings is 1. The van der Waals surface area contributed by atoms with Gasteiger partial charge in [0.05, 0.1) is 17.3 Å². The third-order valence-corrected chi connectivity index (χ3v) is 4.29. The highest BCUT2D eigenvalue weighted by Gasteiger charge is 2.02. The fraction of sp³-hybridized carbons (Fsp3) is 0.286. The molecule has 0 aliphatic carbocycles. The van der Waals surface area contributed by atoms with Crippen molar-refractivity contribution in [2.45, 2.75) is 13.3 Å². The lowest BCUT2D eigenvalue weighted by Gasteiger charge is -1.96. The lowest BCUT2D eigenvalue weighted by Crippen LogP contribution is -1.83. The van der Waals surface area contributed by atoms with Gasteiger partial charge in [0.1, 0.15) is 10.8 Å². The number of hydrogen-bond donors (Lipinski definition) is 0. The molecule has 0 fully saturated rings. The molecule has 19 heavy (non-hydrogen) atoms. The molecule has 100 valence electrons. The fourth-order valence-electron chi connectivity index (χ4n) is 1.58. The molecule has 0 bridgehead atoms. The Morgan fingerprint density at radius 3 is 3.11 bits per heavy atom. The molecule has 0 atom stereocenters. The van der Waals surface area contributed by atoms with Crippen molar-refractivity contribution < 1.29 is 9.53 Å². The van der Waals surface area contributed by atoms with Crippen LogP contribution in [0.4, 0.5) is 0 Å². The van der Waals surface area contributed by atoms with Crippen LogP contribution in [0.25, 0.3) is 16.3 Å². The minimum Gasteiger partial charge on any atom is -0.497 e. The number of aromatic nitrogens is 1. The molecule has 2 aromatic rings.